The Labute approximate surface area is 78.8 Å². The van der Waals surface area contributed by atoms with Crippen LogP contribution in [0.25, 0.3) is 5.65 Å². The zero-order valence-corrected chi connectivity index (χ0v) is 7.34. The molecule has 6 nitrogen and oxygen atoms in total. The molecule has 0 saturated heterocycles. The van der Waals surface area contributed by atoms with Crippen molar-refractivity contribution in [2.75, 3.05) is 7.11 Å². The maximum atomic E-state index is 10.8. The normalized spacial score (nSPS) is 10.4. The summed E-state index contributed by atoms with van der Waals surface area (Å²) in [6, 6.07) is 0. The summed E-state index contributed by atoms with van der Waals surface area (Å²) in [4.78, 5) is 18.5. The highest BCUT2D eigenvalue weighted by Gasteiger charge is 2.16. The standard InChI is InChI=1S/C8H7N3O3/c1-14-6-5(8(12)13)10-4-11-3-2-9-7(6)11/h2-4H,1H3,(H,12,13). The molecular weight excluding hydrogens is 186 g/mol. The third kappa shape index (κ3) is 1.08. The topological polar surface area (TPSA) is 76.7 Å². The van der Waals surface area contributed by atoms with E-state index in [0.717, 1.165) is 0 Å². The fourth-order valence-electron chi connectivity index (χ4n) is 1.21. The van der Waals surface area contributed by atoms with E-state index < -0.39 is 5.97 Å². The van der Waals surface area contributed by atoms with Crippen LogP contribution < -0.4 is 4.74 Å². The summed E-state index contributed by atoms with van der Waals surface area (Å²) in [5.41, 5.74) is 0.311. The number of carbonyl (C=O) groups is 1. The number of nitrogens with zero attached hydrogens (tertiary/aromatic N) is 3. The van der Waals surface area contributed by atoms with Gasteiger partial charge in [0, 0.05) is 12.4 Å². The Kier molecular flexibility index (Phi) is 1.81. The first-order valence-electron chi connectivity index (χ1n) is 3.83. The van der Waals surface area contributed by atoms with Gasteiger partial charge in [0.05, 0.1) is 7.11 Å². The van der Waals surface area contributed by atoms with Crippen molar-refractivity contribution in [3.63, 3.8) is 0 Å². The monoisotopic (exact) mass is 193 g/mol. The largest absolute Gasteiger partial charge is 0.491 e. The fraction of sp³-hybridized carbons (Fsp3) is 0.125. The van der Waals surface area contributed by atoms with Crippen LogP contribution in [0.1, 0.15) is 10.5 Å². The predicted octanol–water partition coefficient (Wildman–Crippen LogP) is 0.436. The van der Waals surface area contributed by atoms with Crippen molar-refractivity contribution in [3.05, 3.63) is 24.4 Å². The highest BCUT2D eigenvalue weighted by atomic mass is 16.5. The molecule has 0 amide bonds. The molecule has 0 aliphatic carbocycles. The molecule has 2 rings (SSSR count). The first-order valence-corrected chi connectivity index (χ1v) is 3.83. The van der Waals surface area contributed by atoms with Gasteiger partial charge in [0.2, 0.25) is 0 Å². The van der Waals surface area contributed by atoms with E-state index in [1.54, 1.807) is 16.8 Å². The molecule has 6 heteroatoms. The second-order valence-corrected chi connectivity index (χ2v) is 2.59. The third-order valence-electron chi connectivity index (χ3n) is 1.80. The van der Waals surface area contributed by atoms with Crippen molar-refractivity contribution in [2.24, 2.45) is 0 Å². The van der Waals surface area contributed by atoms with E-state index in [-0.39, 0.29) is 11.4 Å². The van der Waals surface area contributed by atoms with Crippen molar-refractivity contribution >= 4 is 11.6 Å². The van der Waals surface area contributed by atoms with Crippen LogP contribution in [0.4, 0.5) is 0 Å². The van der Waals surface area contributed by atoms with Crippen molar-refractivity contribution in [1.29, 1.82) is 0 Å². The summed E-state index contributed by atoms with van der Waals surface area (Å²) in [6.07, 6.45) is 4.59. The zero-order valence-electron chi connectivity index (χ0n) is 7.34. The Morgan fingerprint density at radius 1 is 1.57 bits per heavy atom. The molecule has 0 bridgehead atoms. The molecule has 0 aromatic carbocycles. The first-order chi connectivity index (χ1) is 6.74. The van der Waals surface area contributed by atoms with Crippen molar-refractivity contribution in [1.82, 2.24) is 14.4 Å². The van der Waals surface area contributed by atoms with Gasteiger partial charge in [0.15, 0.2) is 17.1 Å². The number of rotatable bonds is 2. The first kappa shape index (κ1) is 8.49. The van der Waals surface area contributed by atoms with Gasteiger partial charge in [-0.05, 0) is 0 Å². The summed E-state index contributed by atoms with van der Waals surface area (Å²) in [5, 5.41) is 8.81. The van der Waals surface area contributed by atoms with E-state index in [1.807, 2.05) is 0 Å². The molecule has 0 aliphatic rings. The van der Waals surface area contributed by atoms with E-state index >= 15 is 0 Å². The van der Waals surface area contributed by atoms with Crippen LogP contribution >= 0.6 is 0 Å². The number of imidazole rings is 1. The van der Waals surface area contributed by atoms with E-state index in [4.69, 9.17) is 9.84 Å². The quantitative estimate of drug-likeness (QED) is 0.748. The van der Waals surface area contributed by atoms with Crippen LogP contribution in [0.15, 0.2) is 18.7 Å². The van der Waals surface area contributed by atoms with Crippen LogP contribution in [0, 0.1) is 0 Å². The van der Waals surface area contributed by atoms with Gasteiger partial charge < -0.3 is 9.84 Å². The maximum absolute atomic E-state index is 10.8. The van der Waals surface area contributed by atoms with Gasteiger partial charge in [-0.3, -0.25) is 4.40 Å². The molecule has 0 fully saturated rings. The molecule has 0 atom stereocenters. The van der Waals surface area contributed by atoms with E-state index in [1.165, 1.54) is 13.4 Å². The highest BCUT2D eigenvalue weighted by Crippen LogP contribution is 2.20. The molecule has 0 aliphatic heterocycles. The van der Waals surface area contributed by atoms with Crippen LogP contribution in [-0.2, 0) is 0 Å². The highest BCUT2D eigenvalue weighted by molar-refractivity contribution is 5.90. The van der Waals surface area contributed by atoms with Crippen LogP contribution in [0.5, 0.6) is 5.75 Å². The van der Waals surface area contributed by atoms with Gasteiger partial charge in [-0.2, -0.15) is 0 Å². The van der Waals surface area contributed by atoms with Gasteiger partial charge in [0.25, 0.3) is 0 Å². The lowest BCUT2D eigenvalue weighted by Gasteiger charge is -2.04. The molecule has 2 aromatic rings. The Bertz CT molecular complexity index is 492. The average Bonchev–Trinajstić information content (AvgIpc) is 2.63. The maximum Gasteiger partial charge on any atom is 0.358 e. The van der Waals surface area contributed by atoms with E-state index in [0.29, 0.717) is 5.65 Å². The van der Waals surface area contributed by atoms with Crippen LogP contribution in [0.3, 0.4) is 0 Å². The van der Waals surface area contributed by atoms with Gasteiger partial charge in [-0.25, -0.2) is 14.8 Å². The lowest BCUT2D eigenvalue weighted by atomic mass is 10.3. The Morgan fingerprint density at radius 3 is 3.00 bits per heavy atom. The van der Waals surface area contributed by atoms with Gasteiger partial charge in [0.1, 0.15) is 6.33 Å². The Morgan fingerprint density at radius 2 is 2.36 bits per heavy atom. The molecule has 1 N–H and O–H groups in total. The van der Waals surface area contributed by atoms with Gasteiger partial charge in [-0.1, -0.05) is 0 Å². The molecule has 0 unspecified atom stereocenters. The Balaban J connectivity index is 2.78. The minimum Gasteiger partial charge on any atom is -0.491 e. The molecular formula is C8H7N3O3. The van der Waals surface area contributed by atoms with Crippen LogP contribution in [-0.4, -0.2) is 32.6 Å². The number of carboxylic acids is 1. The minimum absolute atomic E-state index is 0.133. The van der Waals surface area contributed by atoms with Gasteiger partial charge in [-0.15, -0.1) is 0 Å². The SMILES string of the molecule is COc1c(C(=O)O)ncn2ccnc12. The smallest absolute Gasteiger partial charge is 0.358 e. The van der Waals surface area contributed by atoms with E-state index in [9.17, 15) is 4.79 Å². The number of aromatic nitrogens is 3. The number of fused-ring (bicyclic) bond motifs is 1. The second kappa shape index (κ2) is 2.99. The number of hydrogen-bond donors (Lipinski definition) is 1. The second-order valence-electron chi connectivity index (χ2n) is 2.59. The zero-order chi connectivity index (χ0) is 10.1. The predicted molar refractivity (Wildman–Crippen MR) is 46.5 cm³/mol. The lowest BCUT2D eigenvalue weighted by Crippen LogP contribution is -2.06. The summed E-state index contributed by atoms with van der Waals surface area (Å²) in [5.74, 6) is -0.961. The number of ether oxygens (including phenoxy) is 1. The summed E-state index contributed by atoms with van der Waals surface area (Å²) in [7, 11) is 1.39. The molecule has 0 spiro atoms. The van der Waals surface area contributed by atoms with Crippen molar-refractivity contribution in [2.45, 2.75) is 0 Å². The molecule has 14 heavy (non-hydrogen) atoms. The minimum atomic E-state index is -1.13. The van der Waals surface area contributed by atoms with Crippen LogP contribution in [0.2, 0.25) is 0 Å². The van der Waals surface area contributed by atoms with E-state index in [2.05, 4.69) is 9.97 Å². The number of hydrogen-bond acceptors (Lipinski definition) is 4. The molecule has 2 aromatic heterocycles. The lowest BCUT2D eigenvalue weighted by molar-refractivity contribution is 0.0686. The number of aromatic carboxylic acids is 1. The molecule has 0 radical (unpaired) electrons. The summed E-state index contributed by atoms with van der Waals surface area (Å²) < 4.78 is 6.54. The molecule has 0 saturated carbocycles. The number of methoxy groups -OCH3 is 1. The van der Waals surface area contributed by atoms with Gasteiger partial charge >= 0.3 is 5.97 Å². The molecule has 72 valence electrons. The summed E-state index contributed by atoms with van der Waals surface area (Å²) >= 11 is 0. The average molecular weight is 193 g/mol. The number of carboxylic acid groups (broad SMARTS) is 1. The fourth-order valence-corrected chi connectivity index (χ4v) is 1.21. The van der Waals surface area contributed by atoms with Crippen molar-refractivity contribution in [3.8, 4) is 5.75 Å². The Hall–Kier alpha value is -2.11. The van der Waals surface area contributed by atoms with Crippen molar-refractivity contribution < 1.29 is 14.6 Å². The molecule has 2 heterocycles. The summed E-state index contributed by atoms with van der Waals surface area (Å²) in [6.45, 7) is 0. The third-order valence-corrected chi connectivity index (χ3v) is 1.80.